The molecule has 0 atom stereocenters. The monoisotopic (exact) mass is 329 g/mol. The van der Waals surface area contributed by atoms with Gasteiger partial charge in [0.05, 0.1) is 13.5 Å². The van der Waals surface area contributed by atoms with E-state index in [0.717, 1.165) is 20.1 Å². The topological polar surface area (TPSA) is 68.4 Å². The Bertz CT molecular complexity index is 777. The molecule has 5 nitrogen and oxygen atoms in total. The van der Waals surface area contributed by atoms with Crippen LogP contribution in [0.5, 0.6) is 5.75 Å². The maximum atomic E-state index is 13.5. The van der Waals surface area contributed by atoms with E-state index in [-0.39, 0.29) is 22.9 Å². The second-order valence-electron chi connectivity index (χ2n) is 4.93. The molecule has 1 heterocycles. The Morgan fingerprint density at radius 2 is 1.91 bits per heavy atom. The number of halogens is 3. The van der Waals surface area contributed by atoms with Crippen molar-refractivity contribution in [3.05, 3.63) is 29.0 Å². The lowest BCUT2D eigenvalue weighted by Gasteiger charge is -2.14. The van der Waals surface area contributed by atoms with Crippen LogP contribution >= 0.6 is 0 Å². The number of carbonyl (C=O) groups excluding carboxylic acids is 2. The number of benzene rings is 1. The number of aromatic amines is 1. The van der Waals surface area contributed by atoms with Crippen LogP contribution in [0.15, 0.2) is 12.1 Å². The molecule has 0 aliphatic heterocycles. The fraction of sp³-hybridized carbons (Fsp3) is 0.333. The van der Waals surface area contributed by atoms with Crippen molar-refractivity contribution in [3.63, 3.8) is 0 Å². The largest absolute Gasteiger partial charge is 0.469 e. The highest BCUT2D eigenvalue weighted by Crippen LogP contribution is 2.43. The normalized spacial score (nSPS) is 11.6. The molecule has 0 unspecified atom stereocenters. The zero-order chi connectivity index (χ0) is 17.4. The van der Waals surface area contributed by atoms with Gasteiger partial charge < -0.3 is 14.5 Å². The molecule has 23 heavy (non-hydrogen) atoms. The highest BCUT2D eigenvalue weighted by atomic mass is 19.4. The van der Waals surface area contributed by atoms with Gasteiger partial charge in [-0.3, -0.25) is 9.59 Å². The van der Waals surface area contributed by atoms with Gasteiger partial charge in [-0.1, -0.05) is 0 Å². The van der Waals surface area contributed by atoms with Crippen LogP contribution in [0.3, 0.4) is 0 Å². The third-order valence-electron chi connectivity index (χ3n) is 3.33. The minimum Gasteiger partial charge on any atom is -0.469 e. The number of ether oxygens (including phenoxy) is 2. The highest BCUT2D eigenvalue weighted by Gasteiger charge is 2.38. The number of hydrogen-bond donors (Lipinski definition) is 1. The zero-order valence-corrected chi connectivity index (χ0v) is 12.6. The van der Waals surface area contributed by atoms with Crippen molar-refractivity contribution in [2.24, 2.45) is 0 Å². The van der Waals surface area contributed by atoms with E-state index in [1.807, 2.05) is 0 Å². The summed E-state index contributed by atoms with van der Waals surface area (Å²) in [6, 6.07) is 2.45. The molecule has 0 fully saturated rings. The van der Waals surface area contributed by atoms with Crippen molar-refractivity contribution >= 4 is 22.8 Å². The number of methoxy groups -OCH3 is 1. The molecule has 0 aliphatic carbocycles. The first-order valence-corrected chi connectivity index (χ1v) is 6.61. The summed E-state index contributed by atoms with van der Waals surface area (Å²) in [5, 5.41) is -0.195. The van der Waals surface area contributed by atoms with Crippen molar-refractivity contribution in [2.45, 2.75) is 26.4 Å². The van der Waals surface area contributed by atoms with Gasteiger partial charge in [0.15, 0.2) is 0 Å². The van der Waals surface area contributed by atoms with Crippen LogP contribution in [0.25, 0.3) is 10.9 Å². The summed E-state index contributed by atoms with van der Waals surface area (Å²) in [5.41, 5.74) is -0.317. The number of aromatic nitrogens is 1. The highest BCUT2D eigenvalue weighted by molar-refractivity contribution is 5.93. The predicted octanol–water partition coefficient (Wildman–Crippen LogP) is 3.14. The minimum absolute atomic E-state index is 0.160. The number of aryl methyl sites for hydroxylation is 1. The maximum Gasteiger partial charge on any atom is 0.420 e. The number of H-pyrrole nitrogens is 1. The van der Waals surface area contributed by atoms with E-state index >= 15 is 0 Å². The van der Waals surface area contributed by atoms with Crippen LogP contribution in [0.1, 0.15) is 23.7 Å². The van der Waals surface area contributed by atoms with Gasteiger partial charge in [-0.2, -0.15) is 13.2 Å². The van der Waals surface area contributed by atoms with E-state index in [9.17, 15) is 22.8 Å². The maximum absolute atomic E-state index is 13.5. The molecule has 0 spiro atoms. The van der Waals surface area contributed by atoms with Crippen LogP contribution < -0.4 is 4.74 Å². The van der Waals surface area contributed by atoms with Crippen molar-refractivity contribution in [1.29, 1.82) is 0 Å². The Morgan fingerprint density at radius 1 is 1.26 bits per heavy atom. The van der Waals surface area contributed by atoms with Crippen LogP contribution in [0.2, 0.25) is 0 Å². The molecule has 1 aromatic carbocycles. The van der Waals surface area contributed by atoms with E-state index in [4.69, 9.17) is 0 Å². The first kappa shape index (κ1) is 16.9. The number of alkyl halides is 3. The molecule has 0 radical (unpaired) electrons. The zero-order valence-electron chi connectivity index (χ0n) is 12.6. The molecule has 0 amide bonds. The van der Waals surface area contributed by atoms with E-state index < -0.39 is 29.4 Å². The molecule has 124 valence electrons. The Hall–Kier alpha value is -2.51. The van der Waals surface area contributed by atoms with Gasteiger partial charge in [0, 0.05) is 23.5 Å². The van der Waals surface area contributed by atoms with Gasteiger partial charge in [0.1, 0.15) is 11.3 Å². The standard InChI is InChI=1S/C15H14F3NO4/c1-7-9(6-12(21)22-3)13-10(19-7)4-5-11(23-8(2)20)14(13)15(16,17)18/h4-5,19H,6H2,1-3H3. The van der Waals surface area contributed by atoms with Crippen LogP contribution in [0, 0.1) is 6.92 Å². The van der Waals surface area contributed by atoms with Gasteiger partial charge in [-0.25, -0.2) is 0 Å². The number of rotatable bonds is 3. The smallest absolute Gasteiger partial charge is 0.420 e. The van der Waals surface area contributed by atoms with Crippen molar-refractivity contribution < 1.29 is 32.2 Å². The fourth-order valence-corrected chi connectivity index (χ4v) is 2.42. The Labute approximate surface area is 129 Å². The molecule has 0 bridgehead atoms. The molecule has 0 saturated heterocycles. The summed E-state index contributed by atoms with van der Waals surface area (Å²) < 4.78 is 49.8. The minimum atomic E-state index is -4.76. The summed E-state index contributed by atoms with van der Waals surface area (Å²) in [6.07, 6.45) is -5.08. The molecular formula is C15H14F3NO4. The van der Waals surface area contributed by atoms with Gasteiger partial charge in [-0.15, -0.1) is 0 Å². The summed E-state index contributed by atoms with van der Waals surface area (Å²) in [6.45, 7) is 2.58. The van der Waals surface area contributed by atoms with Gasteiger partial charge >= 0.3 is 18.1 Å². The van der Waals surface area contributed by atoms with Crippen molar-refractivity contribution in [3.8, 4) is 5.75 Å². The van der Waals surface area contributed by atoms with E-state index in [1.165, 1.54) is 6.07 Å². The number of esters is 2. The SMILES string of the molecule is COC(=O)Cc1c(C)[nH]c2ccc(OC(C)=O)c(C(F)(F)F)c12. The molecule has 1 aromatic heterocycles. The Balaban J connectivity index is 2.79. The van der Waals surface area contributed by atoms with Gasteiger partial charge in [-0.05, 0) is 24.6 Å². The lowest BCUT2D eigenvalue weighted by molar-refractivity contribution is -0.142. The fourth-order valence-electron chi connectivity index (χ4n) is 2.42. The first-order chi connectivity index (χ1) is 10.6. The van der Waals surface area contributed by atoms with Crippen LogP contribution in [0.4, 0.5) is 13.2 Å². The molecule has 0 aliphatic rings. The molecule has 2 rings (SSSR count). The predicted molar refractivity (Wildman–Crippen MR) is 75.1 cm³/mol. The second kappa shape index (κ2) is 5.94. The van der Waals surface area contributed by atoms with E-state index in [0.29, 0.717) is 5.69 Å². The Kier molecular flexibility index (Phi) is 4.35. The summed E-state index contributed by atoms with van der Waals surface area (Å²) in [5.74, 6) is -2.13. The first-order valence-electron chi connectivity index (χ1n) is 6.61. The number of carbonyl (C=O) groups is 2. The third kappa shape index (κ3) is 3.30. The van der Waals surface area contributed by atoms with Crippen molar-refractivity contribution in [1.82, 2.24) is 4.98 Å². The lowest BCUT2D eigenvalue weighted by Crippen LogP contribution is -2.13. The number of hydrogen-bond acceptors (Lipinski definition) is 4. The van der Waals surface area contributed by atoms with Gasteiger partial charge in [0.25, 0.3) is 0 Å². The van der Waals surface area contributed by atoms with Crippen molar-refractivity contribution in [2.75, 3.05) is 7.11 Å². The van der Waals surface area contributed by atoms with Gasteiger partial charge in [0.2, 0.25) is 0 Å². The molecule has 0 saturated carbocycles. The molecule has 8 heteroatoms. The molecule has 1 N–H and O–H groups in total. The summed E-state index contributed by atoms with van der Waals surface area (Å²) in [7, 11) is 1.15. The number of nitrogens with one attached hydrogen (secondary N) is 1. The second-order valence-corrected chi connectivity index (χ2v) is 4.93. The Morgan fingerprint density at radius 3 is 2.43 bits per heavy atom. The van der Waals surface area contributed by atoms with Crippen LogP contribution in [-0.4, -0.2) is 24.0 Å². The quantitative estimate of drug-likeness (QED) is 0.694. The summed E-state index contributed by atoms with van der Waals surface area (Å²) in [4.78, 5) is 25.4. The van der Waals surface area contributed by atoms with Crippen LogP contribution in [-0.2, 0) is 26.9 Å². The molecule has 2 aromatic rings. The average molecular weight is 329 g/mol. The number of fused-ring (bicyclic) bond motifs is 1. The lowest BCUT2D eigenvalue weighted by atomic mass is 10.0. The average Bonchev–Trinajstić information content (AvgIpc) is 2.73. The van der Waals surface area contributed by atoms with E-state index in [1.54, 1.807) is 6.92 Å². The molecular weight excluding hydrogens is 315 g/mol. The summed E-state index contributed by atoms with van der Waals surface area (Å²) >= 11 is 0. The van der Waals surface area contributed by atoms with E-state index in [2.05, 4.69) is 14.5 Å². The third-order valence-corrected chi connectivity index (χ3v) is 3.33.